The van der Waals surface area contributed by atoms with Crippen molar-refractivity contribution in [1.29, 1.82) is 0 Å². The number of hydrogen-bond donors (Lipinski definition) is 2. The summed E-state index contributed by atoms with van der Waals surface area (Å²) in [6.07, 6.45) is 0.989. The van der Waals surface area contributed by atoms with Gasteiger partial charge in [-0.05, 0) is 18.2 Å². The number of halogens is 1. The standard InChI is InChI=1S/C11H11ClN2O4S/c1-6(10(13)15)14-11(16)7-3-8(12)5-9(4-7)19(2,17)18/h3-5H,1H2,2H3,(H2,13,15)(H,14,16). The van der Waals surface area contributed by atoms with Gasteiger partial charge in [-0.1, -0.05) is 18.2 Å². The molecule has 0 spiro atoms. The van der Waals surface area contributed by atoms with E-state index in [1.54, 1.807) is 0 Å². The number of hydrogen-bond acceptors (Lipinski definition) is 4. The fourth-order valence-corrected chi connectivity index (χ4v) is 2.16. The number of benzene rings is 1. The zero-order valence-corrected chi connectivity index (χ0v) is 11.5. The zero-order chi connectivity index (χ0) is 14.8. The lowest BCUT2D eigenvalue weighted by molar-refractivity contribution is -0.114. The SMILES string of the molecule is C=C(NC(=O)c1cc(Cl)cc(S(C)(=O)=O)c1)C(N)=O. The number of sulfone groups is 1. The summed E-state index contributed by atoms with van der Waals surface area (Å²) in [5.74, 6) is -1.62. The minimum absolute atomic E-state index is 0.0182. The quantitative estimate of drug-likeness (QED) is 0.788. The first-order chi connectivity index (χ1) is 8.61. The Morgan fingerprint density at radius 1 is 1.32 bits per heavy atom. The largest absolute Gasteiger partial charge is 0.364 e. The van der Waals surface area contributed by atoms with Crippen molar-refractivity contribution >= 4 is 33.3 Å². The molecule has 0 atom stereocenters. The summed E-state index contributed by atoms with van der Waals surface area (Å²) in [4.78, 5) is 22.4. The first kappa shape index (κ1) is 15.2. The van der Waals surface area contributed by atoms with Crippen LogP contribution in [-0.4, -0.2) is 26.5 Å². The fourth-order valence-electron chi connectivity index (χ4n) is 1.18. The van der Waals surface area contributed by atoms with E-state index in [9.17, 15) is 18.0 Å². The van der Waals surface area contributed by atoms with Crippen LogP contribution in [-0.2, 0) is 14.6 Å². The topological polar surface area (TPSA) is 106 Å². The number of carbonyl (C=O) groups excluding carboxylic acids is 2. The molecule has 3 N–H and O–H groups in total. The van der Waals surface area contributed by atoms with E-state index in [-0.39, 0.29) is 21.2 Å². The molecule has 2 amide bonds. The summed E-state index contributed by atoms with van der Waals surface area (Å²) < 4.78 is 22.8. The van der Waals surface area contributed by atoms with Crippen molar-refractivity contribution < 1.29 is 18.0 Å². The molecular formula is C11H11ClN2O4S. The van der Waals surface area contributed by atoms with Crippen molar-refractivity contribution in [2.45, 2.75) is 4.90 Å². The second-order valence-corrected chi connectivity index (χ2v) is 6.20. The monoisotopic (exact) mass is 302 g/mol. The van der Waals surface area contributed by atoms with Gasteiger partial charge >= 0.3 is 0 Å². The van der Waals surface area contributed by atoms with Gasteiger partial charge in [0, 0.05) is 16.8 Å². The third-order valence-electron chi connectivity index (χ3n) is 2.12. The van der Waals surface area contributed by atoms with Crippen LogP contribution in [0.1, 0.15) is 10.4 Å². The summed E-state index contributed by atoms with van der Waals surface area (Å²) >= 11 is 5.74. The minimum Gasteiger partial charge on any atom is -0.364 e. The Balaban J connectivity index is 3.15. The van der Waals surface area contributed by atoms with Crippen LogP contribution >= 0.6 is 11.6 Å². The first-order valence-corrected chi connectivity index (χ1v) is 7.19. The van der Waals surface area contributed by atoms with E-state index in [1.165, 1.54) is 12.1 Å². The Hall–Kier alpha value is -1.86. The molecule has 0 aliphatic heterocycles. The second-order valence-electron chi connectivity index (χ2n) is 3.74. The molecule has 0 bridgehead atoms. The molecule has 0 aromatic heterocycles. The summed E-state index contributed by atoms with van der Waals surface area (Å²) in [5, 5.41) is 2.22. The average Bonchev–Trinajstić information content (AvgIpc) is 2.26. The molecule has 0 saturated carbocycles. The predicted molar refractivity (Wildman–Crippen MR) is 70.4 cm³/mol. The normalized spacial score (nSPS) is 10.8. The Bertz CT molecular complexity index is 667. The Morgan fingerprint density at radius 3 is 2.37 bits per heavy atom. The van der Waals surface area contributed by atoms with E-state index in [1.807, 2.05) is 0 Å². The minimum atomic E-state index is -3.50. The van der Waals surface area contributed by atoms with Crippen LogP contribution in [0.3, 0.4) is 0 Å². The number of carbonyl (C=O) groups is 2. The van der Waals surface area contributed by atoms with E-state index >= 15 is 0 Å². The molecular weight excluding hydrogens is 292 g/mol. The van der Waals surface area contributed by atoms with Gasteiger partial charge in [-0.2, -0.15) is 0 Å². The van der Waals surface area contributed by atoms with Gasteiger partial charge in [-0.25, -0.2) is 8.42 Å². The summed E-state index contributed by atoms with van der Waals surface area (Å²) in [5.41, 5.74) is 4.60. The third kappa shape index (κ3) is 4.08. The Kier molecular flexibility index (Phi) is 4.33. The van der Waals surface area contributed by atoms with Gasteiger partial charge in [-0.15, -0.1) is 0 Å². The van der Waals surface area contributed by atoms with E-state index in [0.717, 1.165) is 12.3 Å². The summed E-state index contributed by atoms with van der Waals surface area (Å²) in [6.45, 7) is 3.26. The Morgan fingerprint density at radius 2 is 1.89 bits per heavy atom. The highest BCUT2D eigenvalue weighted by molar-refractivity contribution is 7.90. The molecule has 6 nitrogen and oxygen atoms in total. The maximum absolute atomic E-state index is 11.8. The fraction of sp³-hybridized carbons (Fsp3) is 0.0909. The molecule has 0 aliphatic carbocycles. The third-order valence-corrected chi connectivity index (χ3v) is 3.43. The van der Waals surface area contributed by atoms with Crippen LogP contribution in [0.4, 0.5) is 0 Å². The molecule has 0 saturated heterocycles. The molecule has 0 heterocycles. The summed E-state index contributed by atoms with van der Waals surface area (Å²) in [7, 11) is -3.50. The molecule has 1 aromatic rings. The van der Waals surface area contributed by atoms with Crippen molar-refractivity contribution in [3.05, 3.63) is 41.1 Å². The molecule has 102 valence electrons. The second kappa shape index (κ2) is 5.41. The van der Waals surface area contributed by atoms with Gasteiger partial charge in [0.1, 0.15) is 0 Å². The highest BCUT2D eigenvalue weighted by Crippen LogP contribution is 2.19. The van der Waals surface area contributed by atoms with Gasteiger partial charge < -0.3 is 11.1 Å². The predicted octanol–water partition coefficient (Wildman–Crippen LogP) is 0.472. The number of nitrogens with two attached hydrogens (primary N) is 1. The maximum Gasteiger partial charge on any atom is 0.264 e. The van der Waals surface area contributed by atoms with E-state index in [2.05, 4.69) is 11.9 Å². The molecule has 0 radical (unpaired) electrons. The van der Waals surface area contributed by atoms with E-state index in [0.29, 0.717) is 0 Å². The van der Waals surface area contributed by atoms with Gasteiger partial charge in [0.15, 0.2) is 9.84 Å². The van der Waals surface area contributed by atoms with E-state index < -0.39 is 21.7 Å². The first-order valence-electron chi connectivity index (χ1n) is 4.92. The van der Waals surface area contributed by atoms with Gasteiger partial charge in [0.05, 0.1) is 10.6 Å². The number of nitrogens with one attached hydrogen (secondary N) is 1. The highest BCUT2D eigenvalue weighted by Gasteiger charge is 2.15. The van der Waals surface area contributed by atoms with Gasteiger partial charge in [-0.3, -0.25) is 9.59 Å². The van der Waals surface area contributed by atoms with Crippen molar-refractivity contribution in [2.75, 3.05) is 6.26 Å². The van der Waals surface area contributed by atoms with Crippen LogP contribution in [0.2, 0.25) is 5.02 Å². The maximum atomic E-state index is 11.8. The molecule has 19 heavy (non-hydrogen) atoms. The zero-order valence-electron chi connectivity index (χ0n) is 9.94. The van der Waals surface area contributed by atoms with Gasteiger partial charge in [0.2, 0.25) is 0 Å². The lowest BCUT2D eigenvalue weighted by atomic mass is 10.2. The highest BCUT2D eigenvalue weighted by atomic mass is 35.5. The van der Waals surface area contributed by atoms with Crippen LogP contribution in [0.5, 0.6) is 0 Å². The number of primary amides is 1. The average molecular weight is 303 g/mol. The molecule has 1 rings (SSSR count). The number of rotatable bonds is 4. The van der Waals surface area contributed by atoms with E-state index in [4.69, 9.17) is 17.3 Å². The van der Waals surface area contributed by atoms with Crippen LogP contribution in [0, 0.1) is 0 Å². The number of amides is 2. The van der Waals surface area contributed by atoms with Crippen LogP contribution < -0.4 is 11.1 Å². The molecule has 1 aromatic carbocycles. The molecule has 0 aliphatic rings. The van der Waals surface area contributed by atoms with Crippen molar-refractivity contribution in [3.63, 3.8) is 0 Å². The van der Waals surface area contributed by atoms with Crippen molar-refractivity contribution in [2.24, 2.45) is 5.73 Å². The molecule has 0 fully saturated rings. The smallest absolute Gasteiger partial charge is 0.264 e. The molecule has 0 unspecified atom stereocenters. The lowest BCUT2D eigenvalue weighted by Gasteiger charge is -2.07. The van der Waals surface area contributed by atoms with Crippen LogP contribution in [0.15, 0.2) is 35.4 Å². The van der Waals surface area contributed by atoms with Crippen LogP contribution in [0.25, 0.3) is 0 Å². The van der Waals surface area contributed by atoms with Gasteiger partial charge in [0.25, 0.3) is 11.8 Å². The van der Waals surface area contributed by atoms with Crippen molar-refractivity contribution in [3.8, 4) is 0 Å². The summed E-state index contributed by atoms with van der Waals surface area (Å²) in [6, 6.07) is 3.63. The lowest BCUT2D eigenvalue weighted by Crippen LogP contribution is -2.30. The Labute approximate surface area is 115 Å². The van der Waals surface area contributed by atoms with Crippen molar-refractivity contribution in [1.82, 2.24) is 5.32 Å². The molecule has 8 heteroatoms.